The number of hydrogen-bond donors (Lipinski definition) is 2. The molecule has 1 fully saturated rings. The molecule has 1 saturated carbocycles. The van der Waals surface area contributed by atoms with Crippen LogP contribution in [-0.4, -0.2) is 31.5 Å². The highest BCUT2D eigenvalue weighted by Gasteiger charge is 2.52. The van der Waals surface area contributed by atoms with Gasteiger partial charge in [-0.2, -0.15) is 0 Å². The van der Waals surface area contributed by atoms with Gasteiger partial charge in [0, 0.05) is 5.69 Å². The van der Waals surface area contributed by atoms with Crippen molar-refractivity contribution in [3.05, 3.63) is 58.1 Å². The zero-order valence-electron chi connectivity index (χ0n) is 19.5. The van der Waals surface area contributed by atoms with Crippen LogP contribution in [0, 0.1) is 34.6 Å². The van der Waals surface area contributed by atoms with E-state index < -0.39 is 20.5 Å². The van der Waals surface area contributed by atoms with Gasteiger partial charge in [0.25, 0.3) is 0 Å². The fourth-order valence-electron chi connectivity index (χ4n) is 4.55. The first-order valence-electron chi connectivity index (χ1n) is 11.0. The van der Waals surface area contributed by atoms with Gasteiger partial charge in [0.05, 0.1) is 11.4 Å². The van der Waals surface area contributed by atoms with E-state index in [0.717, 1.165) is 27.8 Å². The van der Waals surface area contributed by atoms with E-state index in [1.54, 1.807) is 18.2 Å². The average Bonchev–Trinajstić information content (AvgIpc) is 3.22. The summed E-state index contributed by atoms with van der Waals surface area (Å²) in [5.41, 5.74) is 5.55. The molecule has 1 aliphatic rings. The molecule has 172 valence electrons. The normalized spacial score (nSPS) is 15.4. The van der Waals surface area contributed by atoms with Gasteiger partial charge in [-0.3, -0.25) is 9.59 Å². The number of hydrogen-bond acceptors (Lipinski definition) is 4. The van der Waals surface area contributed by atoms with Crippen molar-refractivity contribution >= 4 is 27.3 Å². The Kier molecular flexibility index (Phi) is 6.79. The van der Waals surface area contributed by atoms with Gasteiger partial charge in [0.1, 0.15) is 0 Å². The first kappa shape index (κ1) is 24.0. The third-order valence-electron chi connectivity index (χ3n) is 6.48. The van der Waals surface area contributed by atoms with Gasteiger partial charge in [-0.15, -0.1) is 0 Å². The molecular formula is C25H32N2O4S. The van der Waals surface area contributed by atoms with Crippen LogP contribution in [0.5, 0.6) is 0 Å². The van der Waals surface area contributed by atoms with Crippen molar-refractivity contribution < 1.29 is 18.0 Å². The van der Waals surface area contributed by atoms with Crippen molar-refractivity contribution in [2.24, 2.45) is 0 Å². The van der Waals surface area contributed by atoms with Crippen molar-refractivity contribution in [2.45, 2.75) is 69.9 Å². The second-order valence-corrected chi connectivity index (χ2v) is 11.2. The second kappa shape index (κ2) is 9.06. The molecule has 0 radical (unpaired) electrons. The van der Waals surface area contributed by atoms with Gasteiger partial charge < -0.3 is 10.6 Å². The molecule has 2 aromatic rings. The highest BCUT2D eigenvalue weighted by atomic mass is 32.2. The fraction of sp³-hybridized carbons (Fsp3) is 0.440. The van der Waals surface area contributed by atoms with Crippen molar-refractivity contribution in [2.75, 3.05) is 11.9 Å². The molecule has 0 saturated heterocycles. The highest BCUT2D eigenvalue weighted by Crippen LogP contribution is 2.41. The Bertz CT molecular complexity index is 1140. The first-order valence-corrected chi connectivity index (χ1v) is 12.4. The lowest BCUT2D eigenvalue weighted by atomic mass is 10.0. The lowest BCUT2D eigenvalue weighted by Gasteiger charge is -2.28. The summed E-state index contributed by atoms with van der Waals surface area (Å²) in [6.45, 7) is 9.31. The molecule has 0 aliphatic heterocycles. The molecule has 7 heteroatoms. The molecule has 0 aromatic heterocycles. The van der Waals surface area contributed by atoms with Gasteiger partial charge in [-0.05, 0) is 81.8 Å². The number of rotatable bonds is 6. The third-order valence-corrected chi connectivity index (χ3v) is 8.98. The highest BCUT2D eigenvalue weighted by molar-refractivity contribution is 7.93. The molecule has 2 amide bonds. The lowest BCUT2D eigenvalue weighted by molar-refractivity contribution is -0.126. The lowest BCUT2D eigenvalue weighted by Crippen LogP contribution is -2.52. The third kappa shape index (κ3) is 4.44. The predicted octanol–water partition coefficient (Wildman–Crippen LogP) is 4.07. The van der Waals surface area contributed by atoms with E-state index in [-0.39, 0.29) is 30.2 Å². The number of amides is 2. The van der Waals surface area contributed by atoms with E-state index in [4.69, 9.17) is 0 Å². The van der Waals surface area contributed by atoms with Gasteiger partial charge in [-0.25, -0.2) is 8.42 Å². The van der Waals surface area contributed by atoms with Crippen LogP contribution in [0.1, 0.15) is 53.5 Å². The zero-order chi connectivity index (χ0) is 23.7. The summed E-state index contributed by atoms with van der Waals surface area (Å²) in [7, 11) is -3.91. The number of carbonyl (C=O) groups excluding carboxylic acids is 2. The van der Waals surface area contributed by atoms with E-state index in [2.05, 4.69) is 10.6 Å². The molecule has 0 bridgehead atoms. The van der Waals surface area contributed by atoms with Crippen LogP contribution >= 0.6 is 0 Å². The smallest absolute Gasteiger partial charge is 0.243 e. The summed E-state index contributed by atoms with van der Waals surface area (Å²) in [6, 6.07) is 8.92. The van der Waals surface area contributed by atoms with Crippen LogP contribution in [0.4, 0.5) is 5.69 Å². The number of anilines is 1. The predicted molar refractivity (Wildman–Crippen MR) is 127 cm³/mol. The van der Waals surface area contributed by atoms with E-state index in [1.165, 1.54) is 0 Å². The van der Waals surface area contributed by atoms with Crippen LogP contribution in [0.25, 0.3) is 0 Å². The maximum Gasteiger partial charge on any atom is 0.243 e. The molecular weight excluding hydrogens is 424 g/mol. The number of nitrogens with one attached hydrogen (secondary N) is 2. The molecule has 2 aromatic carbocycles. The molecule has 3 rings (SSSR count). The second-order valence-electron chi connectivity index (χ2n) is 8.96. The van der Waals surface area contributed by atoms with E-state index >= 15 is 0 Å². The van der Waals surface area contributed by atoms with Crippen LogP contribution in [0.2, 0.25) is 0 Å². The minimum absolute atomic E-state index is 0.160. The number of benzene rings is 2. The van der Waals surface area contributed by atoms with Gasteiger partial charge >= 0.3 is 0 Å². The summed E-state index contributed by atoms with van der Waals surface area (Å²) in [5.74, 6) is -0.981. The SMILES string of the molecule is Cc1cc(C)c(NC(=O)CNC(=O)C2(S(=O)(=O)c3ccc(C)c(C)c3)CCCC2)c(C)c1. The van der Waals surface area contributed by atoms with E-state index in [1.807, 2.05) is 46.8 Å². The maximum absolute atomic E-state index is 13.6. The molecule has 0 heterocycles. The van der Waals surface area contributed by atoms with Crippen LogP contribution in [-0.2, 0) is 19.4 Å². The fourth-order valence-corrected chi connectivity index (χ4v) is 6.73. The molecule has 0 unspecified atom stereocenters. The van der Waals surface area contributed by atoms with Crippen molar-refractivity contribution in [1.29, 1.82) is 0 Å². The Balaban J connectivity index is 1.78. The molecule has 0 spiro atoms. The maximum atomic E-state index is 13.6. The Labute approximate surface area is 190 Å². The molecule has 32 heavy (non-hydrogen) atoms. The Morgan fingerprint density at radius 3 is 2.03 bits per heavy atom. The number of sulfone groups is 1. The van der Waals surface area contributed by atoms with Crippen molar-refractivity contribution in [3.8, 4) is 0 Å². The standard InChI is InChI=1S/C25H32N2O4S/c1-16-12-19(4)23(20(5)13-16)27-22(28)15-26-24(29)25(10-6-7-11-25)32(30,31)21-9-8-17(2)18(3)14-21/h8-9,12-14H,6-7,10-11,15H2,1-5H3,(H,26,29)(H,27,28). The number of carbonyl (C=O) groups is 2. The van der Waals surface area contributed by atoms with Crippen LogP contribution in [0.15, 0.2) is 35.2 Å². The van der Waals surface area contributed by atoms with Gasteiger partial charge in [0.2, 0.25) is 11.8 Å². The summed E-state index contributed by atoms with van der Waals surface area (Å²) >= 11 is 0. The van der Waals surface area contributed by atoms with Crippen LogP contribution in [0.3, 0.4) is 0 Å². The zero-order valence-corrected chi connectivity index (χ0v) is 20.3. The molecule has 2 N–H and O–H groups in total. The monoisotopic (exact) mass is 456 g/mol. The Morgan fingerprint density at radius 2 is 1.47 bits per heavy atom. The topological polar surface area (TPSA) is 92.3 Å². The van der Waals surface area contributed by atoms with Crippen LogP contribution < -0.4 is 10.6 Å². The Hall–Kier alpha value is -2.67. The Morgan fingerprint density at radius 1 is 0.875 bits per heavy atom. The van der Waals surface area contributed by atoms with Crippen molar-refractivity contribution in [3.63, 3.8) is 0 Å². The summed E-state index contributed by atoms with van der Waals surface area (Å²) < 4.78 is 25.6. The van der Waals surface area contributed by atoms with E-state index in [0.29, 0.717) is 18.5 Å². The summed E-state index contributed by atoms with van der Waals surface area (Å²) in [5, 5.41) is 5.45. The van der Waals surface area contributed by atoms with Crippen molar-refractivity contribution in [1.82, 2.24) is 5.32 Å². The molecule has 6 nitrogen and oxygen atoms in total. The summed E-state index contributed by atoms with van der Waals surface area (Å²) in [6.07, 6.45) is 1.83. The number of aryl methyl sites for hydroxylation is 5. The first-order chi connectivity index (χ1) is 15.0. The summed E-state index contributed by atoms with van der Waals surface area (Å²) in [4.78, 5) is 25.9. The van der Waals surface area contributed by atoms with Gasteiger partial charge in [0.15, 0.2) is 14.6 Å². The quantitative estimate of drug-likeness (QED) is 0.685. The average molecular weight is 457 g/mol. The minimum Gasteiger partial charge on any atom is -0.346 e. The molecule has 0 atom stereocenters. The van der Waals surface area contributed by atoms with Gasteiger partial charge in [-0.1, -0.05) is 36.6 Å². The largest absolute Gasteiger partial charge is 0.346 e. The minimum atomic E-state index is -3.91. The molecule has 1 aliphatic carbocycles. The van der Waals surface area contributed by atoms with E-state index in [9.17, 15) is 18.0 Å².